The van der Waals surface area contributed by atoms with E-state index in [9.17, 15) is 9.90 Å². The fourth-order valence-electron chi connectivity index (χ4n) is 0.385. The monoisotopic (exact) mass is 263 g/mol. The van der Waals surface area contributed by atoms with Gasteiger partial charge in [0.2, 0.25) is 0 Å². The SMILES string of the molecule is O=C([O-])CI.c1ccccc1. The van der Waals surface area contributed by atoms with E-state index in [2.05, 4.69) is 0 Å². The van der Waals surface area contributed by atoms with Gasteiger partial charge in [-0.05, 0) is 0 Å². The fraction of sp³-hybridized carbons (Fsp3) is 0.125. The summed E-state index contributed by atoms with van der Waals surface area (Å²) in [6.07, 6.45) is 0. The molecule has 0 fully saturated rings. The highest BCUT2D eigenvalue weighted by Crippen LogP contribution is 1.79. The molecule has 0 atom stereocenters. The molecule has 0 spiro atoms. The summed E-state index contributed by atoms with van der Waals surface area (Å²) in [6, 6.07) is 12.0. The van der Waals surface area contributed by atoms with Crippen LogP contribution in [0.5, 0.6) is 0 Å². The van der Waals surface area contributed by atoms with Crippen LogP contribution in [-0.4, -0.2) is 10.4 Å². The Hall–Kier alpha value is -0.580. The molecular formula is C8H8IO2-. The quantitative estimate of drug-likeness (QED) is 0.557. The molecule has 0 unspecified atom stereocenters. The Kier molecular flexibility index (Phi) is 7.13. The molecule has 60 valence electrons. The van der Waals surface area contributed by atoms with Crippen molar-refractivity contribution in [3.8, 4) is 0 Å². The number of aliphatic carboxylic acids is 1. The van der Waals surface area contributed by atoms with Gasteiger partial charge in [0.25, 0.3) is 0 Å². The smallest absolute Gasteiger partial charge is 0.0511 e. The van der Waals surface area contributed by atoms with Crippen molar-refractivity contribution in [1.29, 1.82) is 0 Å². The highest BCUT2D eigenvalue weighted by molar-refractivity contribution is 14.1. The van der Waals surface area contributed by atoms with E-state index in [0.29, 0.717) is 0 Å². The van der Waals surface area contributed by atoms with Crippen LogP contribution in [0.25, 0.3) is 0 Å². The molecule has 1 aromatic carbocycles. The van der Waals surface area contributed by atoms with Crippen molar-refractivity contribution in [2.24, 2.45) is 0 Å². The van der Waals surface area contributed by atoms with Gasteiger partial charge in [0.05, 0.1) is 5.97 Å². The number of carboxylic acid groups (broad SMARTS) is 1. The first kappa shape index (κ1) is 10.4. The molecule has 0 aliphatic rings. The third-order valence-corrected chi connectivity index (χ3v) is 1.40. The Morgan fingerprint density at radius 1 is 1.09 bits per heavy atom. The van der Waals surface area contributed by atoms with Gasteiger partial charge >= 0.3 is 0 Å². The number of hydrogen-bond acceptors (Lipinski definition) is 2. The highest BCUT2D eigenvalue weighted by Gasteiger charge is 1.67. The molecule has 11 heavy (non-hydrogen) atoms. The predicted octanol–water partition coefficient (Wildman–Crippen LogP) is 0.858. The first-order chi connectivity index (χ1) is 5.27. The van der Waals surface area contributed by atoms with Crippen molar-refractivity contribution in [2.75, 3.05) is 4.43 Å². The van der Waals surface area contributed by atoms with Gasteiger partial charge in [-0.1, -0.05) is 59.0 Å². The van der Waals surface area contributed by atoms with Gasteiger partial charge in [-0.25, -0.2) is 0 Å². The standard InChI is InChI=1S/C6H6.C2H3IO2/c1-2-4-6-5-3-1;3-1-2(4)5/h1-6H;1H2,(H,4,5)/p-1. The second kappa shape index (κ2) is 7.53. The van der Waals surface area contributed by atoms with E-state index >= 15 is 0 Å². The van der Waals surface area contributed by atoms with Gasteiger partial charge in [-0.15, -0.1) is 0 Å². The summed E-state index contributed by atoms with van der Waals surface area (Å²) in [5, 5.41) is 9.25. The predicted molar refractivity (Wildman–Crippen MR) is 50.3 cm³/mol. The lowest BCUT2D eigenvalue weighted by Gasteiger charge is -1.85. The van der Waals surface area contributed by atoms with Gasteiger partial charge < -0.3 is 9.90 Å². The first-order valence-electron chi connectivity index (χ1n) is 3.03. The van der Waals surface area contributed by atoms with Crippen LogP contribution in [0, 0.1) is 0 Å². The number of benzene rings is 1. The lowest BCUT2D eigenvalue weighted by molar-refractivity contribution is -0.301. The van der Waals surface area contributed by atoms with Crippen LogP contribution in [0.4, 0.5) is 0 Å². The fourth-order valence-corrected chi connectivity index (χ4v) is 0.385. The maximum atomic E-state index is 9.25. The molecule has 0 saturated heterocycles. The molecule has 0 aromatic heterocycles. The largest absolute Gasteiger partial charge is 0.549 e. The number of hydrogen-bond donors (Lipinski definition) is 0. The molecule has 0 bridgehead atoms. The molecule has 0 saturated carbocycles. The van der Waals surface area contributed by atoms with Crippen molar-refractivity contribution >= 4 is 28.6 Å². The van der Waals surface area contributed by atoms with Crippen molar-refractivity contribution in [3.63, 3.8) is 0 Å². The summed E-state index contributed by atoms with van der Waals surface area (Å²) in [7, 11) is 0. The lowest BCUT2D eigenvalue weighted by Crippen LogP contribution is -2.22. The van der Waals surface area contributed by atoms with Gasteiger partial charge in [-0.3, -0.25) is 0 Å². The molecule has 0 aliphatic carbocycles. The van der Waals surface area contributed by atoms with Crippen LogP contribution in [0.1, 0.15) is 0 Å². The Labute approximate surface area is 79.4 Å². The average molecular weight is 263 g/mol. The second-order valence-corrected chi connectivity index (χ2v) is 2.42. The first-order valence-corrected chi connectivity index (χ1v) is 4.55. The zero-order valence-corrected chi connectivity index (χ0v) is 8.02. The molecule has 2 nitrogen and oxygen atoms in total. The summed E-state index contributed by atoms with van der Waals surface area (Å²) in [5.74, 6) is -1.01. The topological polar surface area (TPSA) is 40.1 Å². The molecule has 1 rings (SSSR count). The van der Waals surface area contributed by atoms with Crippen molar-refractivity contribution < 1.29 is 9.90 Å². The third-order valence-electron chi connectivity index (χ3n) is 0.776. The number of rotatable bonds is 1. The van der Waals surface area contributed by atoms with E-state index in [0.717, 1.165) is 0 Å². The van der Waals surface area contributed by atoms with Crippen LogP contribution in [0.3, 0.4) is 0 Å². The molecule has 1 aromatic rings. The molecule has 0 radical (unpaired) electrons. The number of halogens is 1. The Bertz CT molecular complexity index is 160. The maximum absolute atomic E-state index is 9.25. The third kappa shape index (κ3) is 9.42. The molecule has 0 aliphatic heterocycles. The Balaban J connectivity index is 0.000000187. The molecule has 0 heterocycles. The van der Waals surface area contributed by atoms with E-state index in [1.165, 1.54) is 0 Å². The van der Waals surface area contributed by atoms with Crippen LogP contribution >= 0.6 is 22.6 Å². The lowest BCUT2D eigenvalue weighted by atomic mass is 10.4. The molecule has 0 N–H and O–H groups in total. The highest BCUT2D eigenvalue weighted by atomic mass is 127. The van der Waals surface area contributed by atoms with Crippen LogP contribution in [0.15, 0.2) is 36.4 Å². The molecule has 3 heteroatoms. The molecule has 0 amide bonds. The minimum absolute atomic E-state index is 0.0811. The van der Waals surface area contributed by atoms with Gasteiger partial charge in [0.1, 0.15) is 0 Å². The number of carbonyl (C=O) groups is 1. The zero-order valence-electron chi connectivity index (χ0n) is 5.87. The minimum atomic E-state index is -1.01. The van der Waals surface area contributed by atoms with Crippen molar-refractivity contribution in [2.45, 2.75) is 0 Å². The van der Waals surface area contributed by atoms with Crippen molar-refractivity contribution in [1.82, 2.24) is 0 Å². The Morgan fingerprint density at radius 2 is 1.27 bits per heavy atom. The van der Waals surface area contributed by atoms with E-state index in [4.69, 9.17) is 0 Å². The van der Waals surface area contributed by atoms with Crippen LogP contribution in [-0.2, 0) is 4.79 Å². The van der Waals surface area contributed by atoms with E-state index in [-0.39, 0.29) is 4.43 Å². The van der Waals surface area contributed by atoms with Crippen LogP contribution < -0.4 is 5.11 Å². The van der Waals surface area contributed by atoms with E-state index < -0.39 is 5.97 Å². The van der Waals surface area contributed by atoms with Gasteiger partial charge in [-0.2, -0.15) is 0 Å². The second-order valence-electron chi connectivity index (χ2n) is 1.66. The van der Waals surface area contributed by atoms with E-state index in [1.54, 1.807) is 22.6 Å². The Morgan fingerprint density at radius 3 is 1.36 bits per heavy atom. The summed E-state index contributed by atoms with van der Waals surface area (Å²) in [5.41, 5.74) is 0. The normalized spacial score (nSPS) is 7.73. The van der Waals surface area contributed by atoms with E-state index in [1.807, 2.05) is 36.4 Å². The summed E-state index contributed by atoms with van der Waals surface area (Å²) in [4.78, 5) is 9.25. The zero-order chi connectivity index (χ0) is 8.53. The summed E-state index contributed by atoms with van der Waals surface area (Å²) in [6.45, 7) is 0. The number of carboxylic acids is 1. The van der Waals surface area contributed by atoms with Crippen molar-refractivity contribution in [3.05, 3.63) is 36.4 Å². The minimum Gasteiger partial charge on any atom is -0.549 e. The summed E-state index contributed by atoms with van der Waals surface area (Å²) < 4.78 is 0.0811. The van der Waals surface area contributed by atoms with Gasteiger partial charge in [0, 0.05) is 4.43 Å². The maximum Gasteiger partial charge on any atom is 0.0511 e. The van der Waals surface area contributed by atoms with Gasteiger partial charge in [0.15, 0.2) is 0 Å². The summed E-state index contributed by atoms with van der Waals surface area (Å²) >= 11 is 1.72. The number of alkyl halides is 1. The van der Waals surface area contributed by atoms with Crippen LogP contribution in [0.2, 0.25) is 0 Å². The average Bonchev–Trinajstić information content (AvgIpc) is 2.09. The molecular weight excluding hydrogens is 255 g/mol. The number of carbonyl (C=O) groups excluding carboxylic acids is 1.